The summed E-state index contributed by atoms with van der Waals surface area (Å²) in [7, 11) is 4.30. The highest BCUT2D eigenvalue weighted by molar-refractivity contribution is 7.80. The molecule has 1 aliphatic carbocycles. The van der Waals surface area contributed by atoms with E-state index in [1.54, 1.807) is 0 Å². The van der Waals surface area contributed by atoms with Crippen LogP contribution in [0.2, 0.25) is 0 Å². The number of thiocarbonyl (C=S) groups is 1. The Balaban J connectivity index is 2.05. The number of rotatable bonds is 14. The quantitative estimate of drug-likeness (QED) is 0.251. The molecule has 0 amide bonds. The first-order valence-electron chi connectivity index (χ1n) is 11.4. The van der Waals surface area contributed by atoms with Crippen molar-refractivity contribution in [2.45, 2.75) is 83.8 Å². The highest BCUT2D eigenvalue weighted by atomic mass is 32.1. The summed E-state index contributed by atoms with van der Waals surface area (Å²) in [6.45, 7) is 12.3. The monoisotopic (exact) mass is 411 g/mol. The molecule has 0 aliphatic heterocycles. The number of likely N-dealkylation sites (N-methyl/N-ethyl adjacent to an activating group) is 1. The third-order valence-electron chi connectivity index (χ3n) is 5.74. The van der Waals surface area contributed by atoms with Gasteiger partial charge in [-0.1, -0.05) is 32.8 Å². The lowest BCUT2D eigenvalue weighted by atomic mass is 9.92. The first kappa shape index (κ1) is 25.4. The van der Waals surface area contributed by atoms with Crippen molar-refractivity contribution in [3.63, 3.8) is 0 Å². The summed E-state index contributed by atoms with van der Waals surface area (Å²) in [5.74, 6) is 0.715. The molecule has 1 fully saturated rings. The molecule has 0 bridgehead atoms. The van der Waals surface area contributed by atoms with Crippen molar-refractivity contribution in [3.8, 4) is 0 Å². The number of nitrogens with zero attached hydrogens (tertiary/aromatic N) is 2. The van der Waals surface area contributed by atoms with Crippen LogP contribution in [0, 0.1) is 5.92 Å². The largest absolute Gasteiger partial charge is 0.378 e. The molecule has 28 heavy (non-hydrogen) atoms. The van der Waals surface area contributed by atoms with E-state index in [0.29, 0.717) is 18.1 Å². The summed E-state index contributed by atoms with van der Waals surface area (Å²) in [5.41, 5.74) is 0. The van der Waals surface area contributed by atoms with Gasteiger partial charge in [0.1, 0.15) is 0 Å². The maximum absolute atomic E-state index is 6.14. The Morgan fingerprint density at radius 3 is 2.46 bits per heavy atom. The van der Waals surface area contributed by atoms with Crippen molar-refractivity contribution in [1.29, 1.82) is 0 Å². The topological polar surface area (TPSA) is 27.7 Å². The van der Waals surface area contributed by atoms with E-state index in [-0.39, 0.29) is 0 Å². The highest BCUT2D eigenvalue weighted by Gasteiger charge is 2.25. The lowest BCUT2D eigenvalue weighted by Gasteiger charge is -2.36. The van der Waals surface area contributed by atoms with E-state index in [9.17, 15) is 0 Å². The van der Waals surface area contributed by atoms with Crippen molar-refractivity contribution in [2.75, 3.05) is 40.3 Å². The standard InChI is InChI=1S/C23H45N3OS/c1-6-17-25(4)18-9-7-8-10-19-27-22-13-11-21(12-14-22)26(5)23(28)24-16-15-20(2)3/h6,20-22H,1,7-19H2,2-5H3,(H,24,28)/t21-,22-. The summed E-state index contributed by atoms with van der Waals surface area (Å²) in [4.78, 5) is 4.60. The highest BCUT2D eigenvalue weighted by Crippen LogP contribution is 2.25. The van der Waals surface area contributed by atoms with Crippen LogP contribution in [-0.2, 0) is 4.74 Å². The molecule has 0 unspecified atom stereocenters. The molecule has 0 atom stereocenters. The van der Waals surface area contributed by atoms with Gasteiger partial charge in [0.2, 0.25) is 0 Å². The van der Waals surface area contributed by atoms with E-state index in [0.717, 1.165) is 37.7 Å². The first-order valence-corrected chi connectivity index (χ1v) is 11.8. The Bertz CT molecular complexity index is 422. The molecule has 4 nitrogen and oxygen atoms in total. The first-order chi connectivity index (χ1) is 13.4. The molecule has 0 aromatic rings. The van der Waals surface area contributed by atoms with Crippen LogP contribution in [-0.4, -0.2) is 67.4 Å². The summed E-state index contributed by atoms with van der Waals surface area (Å²) >= 11 is 5.57. The minimum atomic E-state index is 0.450. The normalized spacial score (nSPS) is 19.8. The zero-order valence-electron chi connectivity index (χ0n) is 18.9. The predicted octanol–water partition coefficient (Wildman–Crippen LogP) is 4.84. The average molecular weight is 412 g/mol. The van der Waals surface area contributed by atoms with Gasteiger partial charge in [-0.15, -0.1) is 6.58 Å². The van der Waals surface area contributed by atoms with Gasteiger partial charge >= 0.3 is 0 Å². The maximum atomic E-state index is 6.14. The van der Waals surface area contributed by atoms with E-state index in [2.05, 4.69) is 49.6 Å². The van der Waals surface area contributed by atoms with Crippen LogP contribution in [0.3, 0.4) is 0 Å². The van der Waals surface area contributed by atoms with Gasteiger partial charge in [-0.25, -0.2) is 0 Å². The van der Waals surface area contributed by atoms with Crippen LogP contribution in [0.4, 0.5) is 0 Å². The second-order valence-electron chi connectivity index (χ2n) is 8.79. The van der Waals surface area contributed by atoms with Gasteiger partial charge in [0.25, 0.3) is 0 Å². The molecule has 164 valence electrons. The smallest absolute Gasteiger partial charge is 0.168 e. The Morgan fingerprint density at radius 1 is 1.14 bits per heavy atom. The number of unbranched alkanes of at least 4 members (excludes halogenated alkanes) is 3. The summed E-state index contributed by atoms with van der Waals surface area (Å²) in [5, 5.41) is 4.32. The van der Waals surface area contributed by atoms with Gasteiger partial charge in [-0.3, -0.25) is 0 Å². The van der Waals surface area contributed by atoms with Crippen LogP contribution < -0.4 is 5.32 Å². The molecule has 1 aliphatic rings. The van der Waals surface area contributed by atoms with Crippen molar-refractivity contribution in [1.82, 2.24) is 15.1 Å². The molecule has 5 heteroatoms. The Labute approximate surface area is 180 Å². The lowest BCUT2D eigenvalue weighted by molar-refractivity contribution is 0.0147. The van der Waals surface area contributed by atoms with Crippen LogP contribution in [0.15, 0.2) is 12.7 Å². The van der Waals surface area contributed by atoms with E-state index in [1.165, 1.54) is 51.5 Å². The molecule has 0 aromatic heterocycles. The van der Waals surface area contributed by atoms with E-state index < -0.39 is 0 Å². The number of hydrogen-bond donors (Lipinski definition) is 1. The second kappa shape index (κ2) is 15.2. The van der Waals surface area contributed by atoms with Crippen molar-refractivity contribution >= 4 is 17.3 Å². The minimum Gasteiger partial charge on any atom is -0.378 e. The molecule has 0 spiro atoms. The van der Waals surface area contributed by atoms with Gasteiger partial charge in [-0.05, 0) is 76.7 Å². The van der Waals surface area contributed by atoms with Gasteiger partial charge in [0, 0.05) is 32.8 Å². The minimum absolute atomic E-state index is 0.450. The maximum Gasteiger partial charge on any atom is 0.168 e. The van der Waals surface area contributed by atoms with Crippen LogP contribution >= 0.6 is 12.2 Å². The van der Waals surface area contributed by atoms with E-state index in [4.69, 9.17) is 17.0 Å². The van der Waals surface area contributed by atoms with Crippen LogP contribution in [0.1, 0.15) is 71.6 Å². The zero-order valence-corrected chi connectivity index (χ0v) is 19.7. The van der Waals surface area contributed by atoms with Crippen LogP contribution in [0.5, 0.6) is 0 Å². The molecule has 1 N–H and O–H groups in total. The average Bonchev–Trinajstić information content (AvgIpc) is 2.67. The molecule has 0 radical (unpaired) electrons. The molecule has 0 saturated heterocycles. The molecule has 1 rings (SSSR count). The Morgan fingerprint density at radius 2 is 1.82 bits per heavy atom. The van der Waals surface area contributed by atoms with Gasteiger partial charge < -0.3 is 19.9 Å². The van der Waals surface area contributed by atoms with Gasteiger partial charge in [-0.2, -0.15) is 0 Å². The van der Waals surface area contributed by atoms with Crippen molar-refractivity contribution in [2.24, 2.45) is 5.92 Å². The Hall–Kier alpha value is -0.650. The molecule has 1 saturated carbocycles. The third-order valence-corrected chi connectivity index (χ3v) is 6.17. The summed E-state index contributed by atoms with van der Waals surface area (Å²) in [6, 6.07) is 0.562. The molecule has 0 heterocycles. The summed E-state index contributed by atoms with van der Waals surface area (Å²) < 4.78 is 6.14. The number of hydrogen-bond acceptors (Lipinski definition) is 3. The third kappa shape index (κ3) is 11.4. The fraction of sp³-hybridized carbons (Fsp3) is 0.870. The molecule has 0 aromatic carbocycles. The summed E-state index contributed by atoms with van der Waals surface area (Å²) in [6.07, 6.45) is 13.3. The zero-order chi connectivity index (χ0) is 20.8. The van der Waals surface area contributed by atoms with E-state index >= 15 is 0 Å². The molecular weight excluding hydrogens is 366 g/mol. The second-order valence-corrected chi connectivity index (χ2v) is 9.18. The van der Waals surface area contributed by atoms with Gasteiger partial charge in [0.05, 0.1) is 6.10 Å². The number of nitrogens with one attached hydrogen (secondary N) is 1. The molecular formula is C23H45N3OS. The lowest BCUT2D eigenvalue weighted by Crippen LogP contribution is -2.45. The van der Waals surface area contributed by atoms with E-state index in [1.807, 2.05) is 6.08 Å². The number of ether oxygens (including phenoxy) is 1. The van der Waals surface area contributed by atoms with Crippen molar-refractivity contribution in [3.05, 3.63) is 12.7 Å². The predicted molar refractivity (Wildman–Crippen MR) is 126 cm³/mol. The van der Waals surface area contributed by atoms with Gasteiger partial charge in [0.15, 0.2) is 5.11 Å². The fourth-order valence-electron chi connectivity index (χ4n) is 3.76. The van der Waals surface area contributed by atoms with Crippen LogP contribution in [0.25, 0.3) is 0 Å². The van der Waals surface area contributed by atoms with Crippen molar-refractivity contribution < 1.29 is 4.74 Å². The Kier molecular flexibility index (Phi) is 13.8. The fourth-order valence-corrected chi connectivity index (χ4v) is 4.01. The SMILES string of the molecule is C=CCN(C)CCCCCCO[C@H]1CC[C@H](N(C)C(=S)NCCC(C)C)CC1.